The normalized spacial score (nSPS) is 11.1. The summed E-state index contributed by atoms with van der Waals surface area (Å²) >= 11 is 0. The summed E-state index contributed by atoms with van der Waals surface area (Å²) in [4.78, 5) is 19.9. The highest BCUT2D eigenvalue weighted by Crippen LogP contribution is 2.37. The molecule has 0 N–H and O–H groups in total. The first-order valence-electron chi connectivity index (χ1n) is 15.7. The number of aryl methyl sites for hydroxylation is 1. The van der Waals surface area contributed by atoms with E-state index in [1.165, 1.54) is 10.8 Å². The Labute approximate surface area is 274 Å². The van der Waals surface area contributed by atoms with E-state index in [1.54, 1.807) is 0 Å². The van der Waals surface area contributed by atoms with Gasteiger partial charge in [0.05, 0.1) is 5.69 Å². The highest BCUT2D eigenvalue weighted by molar-refractivity contribution is 5.98. The maximum Gasteiger partial charge on any atom is 0.164 e. The van der Waals surface area contributed by atoms with Crippen molar-refractivity contribution in [1.29, 1.82) is 0 Å². The third kappa shape index (κ3) is 5.81. The van der Waals surface area contributed by atoms with Gasteiger partial charge in [-0.3, -0.25) is 4.98 Å². The van der Waals surface area contributed by atoms with E-state index in [-0.39, 0.29) is 0 Å². The molecule has 2 heterocycles. The van der Waals surface area contributed by atoms with Gasteiger partial charge in [0.1, 0.15) is 0 Å². The highest BCUT2D eigenvalue weighted by Gasteiger charge is 2.16. The smallest absolute Gasteiger partial charge is 0.164 e. The van der Waals surface area contributed by atoms with Crippen molar-refractivity contribution >= 4 is 10.8 Å². The van der Waals surface area contributed by atoms with E-state index in [1.807, 2.05) is 73.7 Å². The average molecular weight is 603 g/mol. The first-order valence-corrected chi connectivity index (χ1v) is 15.7. The molecule has 47 heavy (non-hydrogen) atoms. The molecule has 0 saturated heterocycles. The number of fused-ring (bicyclic) bond motifs is 1. The number of hydrogen-bond acceptors (Lipinski definition) is 4. The summed E-state index contributed by atoms with van der Waals surface area (Å²) < 4.78 is 0. The van der Waals surface area contributed by atoms with Gasteiger partial charge < -0.3 is 0 Å². The Hall–Kier alpha value is -6.26. The predicted octanol–water partition coefficient (Wildman–Crippen LogP) is 10.7. The Balaban J connectivity index is 1.36. The lowest BCUT2D eigenvalue weighted by Gasteiger charge is -2.14. The van der Waals surface area contributed by atoms with Crippen molar-refractivity contribution in [3.63, 3.8) is 0 Å². The van der Waals surface area contributed by atoms with E-state index in [0.29, 0.717) is 17.5 Å². The summed E-state index contributed by atoms with van der Waals surface area (Å²) in [6, 6.07) is 56.6. The second kappa shape index (κ2) is 12.3. The fourth-order valence-electron chi connectivity index (χ4n) is 6.06. The largest absolute Gasteiger partial charge is 0.253 e. The minimum absolute atomic E-state index is 0.623. The van der Waals surface area contributed by atoms with Gasteiger partial charge in [0.2, 0.25) is 0 Å². The van der Waals surface area contributed by atoms with Crippen LogP contribution in [0, 0.1) is 6.92 Å². The molecule has 0 aliphatic rings. The van der Waals surface area contributed by atoms with Crippen molar-refractivity contribution in [3.05, 3.63) is 169 Å². The lowest BCUT2D eigenvalue weighted by Crippen LogP contribution is -2.00. The standard InChI is InChI=1S/C43H30N4/c1-29-13-10-24-40(44-29)34-21-11-20-33(25-34)35-26-36(39-23-12-19-30-14-8-9-22-38(30)39)28-37(27-35)43-46-41(31-15-4-2-5-16-31)45-42(47-43)32-17-6-3-7-18-32/h2-28H,1H3. The molecule has 8 aromatic rings. The molecule has 0 radical (unpaired) electrons. The van der Waals surface area contributed by atoms with E-state index in [2.05, 4.69) is 97.1 Å². The van der Waals surface area contributed by atoms with Crippen LogP contribution < -0.4 is 0 Å². The lowest BCUT2D eigenvalue weighted by molar-refractivity contribution is 1.07. The van der Waals surface area contributed by atoms with Gasteiger partial charge in [0, 0.05) is 27.9 Å². The average Bonchev–Trinajstić information content (AvgIpc) is 3.15. The van der Waals surface area contributed by atoms with Gasteiger partial charge in [-0.25, -0.2) is 15.0 Å². The van der Waals surface area contributed by atoms with E-state index >= 15 is 0 Å². The van der Waals surface area contributed by atoms with Crippen molar-refractivity contribution in [2.45, 2.75) is 6.92 Å². The van der Waals surface area contributed by atoms with E-state index in [0.717, 1.165) is 55.9 Å². The maximum absolute atomic E-state index is 5.07. The zero-order valence-corrected chi connectivity index (χ0v) is 25.9. The van der Waals surface area contributed by atoms with Crippen LogP contribution in [0.5, 0.6) is 0 Å². The molecule has 6 aromatic carbocycles. The summed E-state index contributed by atoms with van der Waals surface area (Å²) in [6.45, 7) is 2.02. The zero-order valence-electron chi connectivity index (χ0n) is 25.9. The Morgan fingerprint density at radius 2 is 0.851 bits per heavy atom. The molecule has 4 nitrogen and oxygen atoms in total. The number of aromatic nitrogens is 4. The van der Waals surface area contributed by atoms with Crippen LogP contribution in [-0.2, 0) is 0 Å². The van der Waals surface area contributed by atoms with Gasteiger partial charge in [-0.2, -0.15) is 0 Å². The van der Waals surface area contributed by atoms with Gasteiger partial charge in [0.25, 0.3) is 0 Å². The minimum atomic E-state index is 0.623. The van der Waals surface area contributed by atoms with E-state index in [4.69, 9.17) is 19.9 Å². The topological polar surface area (TPSA) is 51.6 Å². The Morgan fingerprint density at radius 3 is 1.57 bits per heavy atom. The van der Waals surface area contributed by atoms with Crippen molar-refractivity contribution < 1.29 is 0 Å². The summed E-state index contributed by atoms with van der Waals surface area (Å²) in [5.41, 5.74) is 10.2. The number of benzene rings is 6. The molecule has 0 aliphatic carbocycles. The van der Waals surface area contributed by atoms with Crippen LogP contribution in [0.3, 0.4) is 0 Å². The molecule has 0 saturated carbocycles. The molecular weight excluding hydrogens is 573 g/mol. The van der Waals surface area contributed by atoms with Crippen LogP contribution in [0.2, 0.25) is 0 Å². The fourth-order valence-corrected chi connectivity index (χ4v) is 6.06. The first kappa shape index (κ1) is 28.2. The molecular formula is C43H30N4. The summed E-state index contributed by atoms with van der Waals surface area (Å²) in [5.74, 6) is 1.90. The van der Waals surface area contributed by atoms with Gasteiger partial charge >= 0.3 is 0 Å². The third-order valence-electron chi connectivity index (χ3n) is 8.37. The molecule has 0 bridgehead atoms. The number of pyridine rings is 1. The summed E-state index contributed by atoms with van der Waals surface area (Å²) in [6.07, 6.45) is 0. The van der Waals surface area contributed by atoms with Crippen LogP contribution in [0.1, 0.15) is 5.69 Å². The summed E-state index contributed by atoms with van der Waals surface area (Å²) in [5, 5.41) is 2.39. The first-order chi connectivity index (χ1) is 23.2. The SMILES string of the molecule is Cc1cccc(-c2cccc(-c3cc(-c4nc(-c5ccccc5)nc(-c5ccccc5)n4)cc(-c4cccc5ccccc45)c3)c2)n1. The zero-order chi connectivity index (χ0) is 31.6. The van der Waals surface area contributed by atoms with Crippen molar-refractivity contribution in [2.24, 2.45) is 0 Å². The number of nitrogens with zero attached hydrogens (tertiary/aromatic N) is 4. The Kier molecular flexibility index (Phi) is 7.37. The fraction of sp³-hybridized carbons (Fsp3) is 0.0233. The molecule has 2 aromatic heterocycles. The second-order valence-corrected chi connectivity index (χ2v) is 11.6. The quantitative estimate of drug-likeness (QED) is 0.190. The van der Waals surface area contributed by atoms with Crippen LogP contribution in [-0.4, -0.2) is 19.9 Å². The van der Waals surface area contributed by atoms with Gasteiger partial charge in [-0.1, -0.05) is 127 Å². The number of hydrogen-bond donors (Lipinski definition) is 0. The molecule has 0 unspecified atom stereocenters. The Bertz CT molecular complexity index is 2300. The second-order valence-electron chi connectivity index (χ2n) is 11.6. The van der Waals surface area contributed by atoms with E-state index < -0.39 is 0 Å². The molecule has 0 spiro atoms. The minimum Gasteiger partial charge on any atom is -0.253 e. The van der Waals surface area contributed by atoms with Crippen molar-refractivity contribution in [2.75, 3.05) is 0 Å². The van der Waals surface area contributed by atoms with Gasteiger partial charge in [0.15, 0.2) is 17.5 Å². The van der Waals surface area contributed by atoms with Crippen LogP contribution >= 0.6 is 0 Å². The van der Waals surface area contributed by atoms with Crippen LogP contribution in [0.15, 0.2) is 164 Å². The predicted molar refractivity (Wildman–Crippen MR) is 192 cm³/mol. The molecule has 0 fully saturated rings. The van der Waals surface area contributed by atoms with Crippen molar-refractivity contribution in [3.8, 4) is 67.7 Å². The lowest BCUT2D eigenvalue weighted by atomic mass is 9.92. The summed E-state index contributed by atoms with van der Waals surface area (Å²) in [7, 11) is 0. The van der Waals surface area contributed by atoms with Crippen LogP contribution in [0.25, 0.3) is 78.4 Å². The third-order valence-corrected chi connectivity index (χ3v) is 8.37. The molecule has 0 atom stereocenters. The maximum atomic E-state index is 5.07. The molecule has 0 amide bonds. The van der Waals surface area contributed by atoms with E-state index in [9.17, 15) is 0 Å². The van der Waals surface area contributed by atoms with Gasteiger partial charge in [-0.05, 0) is 76.3 Å². The monoisotopic (exact) mass is 602 g/mol. The van der Waals surface area contributed by atoms with Crippen molar-refractivity contribution in [1.82, 2.24) is 19.9 Å². The molecule has 8 rings (SSSR count). The number of rotatable bonds is 6. The molecule has 4 heteroatoms. The van der Waals surface area contributed by atoms with Gasteiger partial charge in [-0.15, -0.1) is 0 Å². The molecule has 222 valence electrons. The highest BCUT2D eigenvalue weighted by atomic mass is 15.0. The van der Waals surface area contributed by atoms with Crippen LogP contribution in [0.4, 0.5) is 0 Å². The Morgan fingerprint density at radius 1 is 0.340 bits per heavy atom. The molecule has 0 aliphatic heterocycles.